The predicted molar refractivity (Wildman–Crippen MR) is 117 cm³/mol. The SMILES string of the molecule is COCCNC(=O)[C@H]1C[C@@H](NC(=O)Nc2ccccc2)[C@H](c2cnc(C(C)C)[nH]2)[C@@H]1O. The lowest BCUT2D eigenvalue weighted by Crippen LogP contribution is -2.41. The number of hydrogen-bond donors (Lipinski definition) is 5. The van der Waals surface area contributed by atoms with Crippen molar-refractivity contribution in [3.05, 3.63) is 48.0 Å². The number of carbonyl (C=O) groups excluding carboxylic acids is 2. The number of rotatable bonds is 8. The molecule has 5 N–H and O–H groups in total. The number of aliphatic hydroxyl groups is 1. The Kier molecular flexibility index (Phi) is 7.64. The summed E-state index contributed by atoms with van der Waals surface area (Å²) in [4.78, 5) is 32.9. The van der Waals surface area contributed by atoms with Crippen LogP contribution in [0.25, 0.3) is 0 Å². The summed E-state index contributed by atoms with van der Waals surface area (Å²) in [6.45, 7) is 4.78. The largest absolute Gasteiger partial charge is 0.392 e. The van der Waals surface area contributed by atoms with Crippen LogP contribution in [0.3, 0.4) is 0 Å². The van der Waals surface area contributed by atoms with E-state index in [4.69, 9.17) is 4.74 Å². The minimum atomic E-state index is -0.968. The molecule has 1 aromatic heterocycles. The highest BCUT2D eigenvalue weighted by molar-refractivity contribution is 5.89. The Hall–Kier alpha value is -2.91. The highest BCUT2D eigenvalue weighted by Crippen LogP contribution is 2.39. The van der Waals surface area contributed by atoms with Crippen LogP contribution in [-0.2, 0) is 9.53 Å². The Balaban J connectivity index is 1.77. The average molecular weight is 430 g/mol. The van der Waals surface area contributed by atoms with Crippen LogP contribution in [0.1, 0.15) is 43.6 Å². The summed E-state index contributed by atoms with van der Waals surface area (Å²) in [5.74, 6) is -0.420. The van der Waals surface area contributed by atoms with Crippen LogP contribution in [0.5, 0.6) is 0 Å². The first-order valence-electron chi connectivity index (χ1n) is 10.5. The predicted octanol–water partition coefficient (Wildman–Crippen LogP) is 1.95. The number of nitrogens with zero attached hydrogens (tertiary/aromatic N) is 1. The number of ether oxygens (including phenoxy) is 1. The monoisotopic (exact) mass is 429 g/mol. The Labute approximate surface area is 182 Å². The third-order valence-electron chi connectivity index (χ3n) is 5.53. The first-order valence-corrected chi connectivity index (χ1v) is 10.5. The summed E-state index contributed by atoms with van der Waals surface area (Å²) in [6.07, 6.45) is 1.02. The molecule has 1 aliphatic carbocycles. The van der Waals surface area contributed by atoms with Gasteiger partial charge in [0, 0.05) is 49.1 Å². The number of methoxy groups -OCH3 is 1. The summed E-state index contributed by atoms with van der Waals surface area (Å²) in [5.41, 5.74) is 1.36. The number of aliphatic hydroxyl groups excluding tert-OH is 1. The van der Waals surface area contributed by atoms with Crippen LogP contribution in [0.4, 0.5) is 10.5 Å². The number of urea groups is 1. The topological polar surface area (TPSA) is 128 Å². The molecule has 1 aliphatic rings. The minimum absolute atomic E-state index is 0.188. The van der Waals surface area contributed by atoms with Gasteiger partial charge in [-0.1, -0.05) is 32.0 Å². The van der Waals surface area contributed by atoms with Crippen molar-refractivity contribution in [1.82, 2.24) is 20.6 Å². The molecular weight excluding hydrogens is 398 g/mol. The Morgan fingerprint density at radius 1 is 1.29 bits per heavy atom. The average Bonchev–Trinajstić information content (AvgIpc) is 3.33. The third kappa shape index (κ3) is 5.62. The molecule has 9 heteroatoms. The normalized spacial score (nSPS) is 23.0. The number of carbonyl (C=O) groups is 2. The number of aromatic amines is 1. The second-order valence-electron chi connectivity index (χ2n) is 8.09. The van der Waals surface area contributed by atoms with Gasteiger partial charge in [-0.2, -0.15) is 0 Å². The molecule has 168 valence electrons. The van der Waals surface area contributed by atoms with Gasteiger partial charge in [-0.15, -0.1) is 0 Å². The number of hydrogen-bond acceptors (Lipinski definition) is 5. The highest BCUT2D eigenvalue weighted by atomic mass is 16.5. The van der Waals surface area contributed by atoms with E-state index < -0.39 is 30.0 Å². The van der Waals surface area contributed by atoms with Gasteiger partial charge < -0.3 is 30.8 Å². The fourth-order valence-electron chi connectivity index (χ4n) is 3.94. The zero-order valence-electron chi connectivity index (χ0n) is 18.1. The van der Waals surface area contributed by atoms with Gasteiger partial charge in [-0.05, 0) is 18.6 Å². The molecule has 0 spiro atoms. The molecule has 0 bridgehead atoms. The molecule has 1 aromatic carbocycles. The van der Waals surface area contributed by atoms with E-state index in [-0.39, 0.29) is 11.8 Å². The van der Waals surface area contributed by atoms with E-state index in [0.29, 0.717) is 31.0 Å². The molecule has 2 aromatic rings. The number of aromatic nitrogens is 2. The van der Waals surface area contributed by atoms with Crippen LogP contribution in [0.15, 0.2) is 36.5 Å². The van der Waals surface area contributed by atoms with Crippen molar-refractivity contribution in [3.63, 3.8) is 0 Å². The first kappa shape index (κ1) is 22.8. The second kappa shape index (κ2) is 10.4. The van der Waals surface area contributed by atoms with Crippen LogP contribution >= 0.6 is 0 Å². The van der Waals surface area contributed by atoms with E-state index in [1.807, 2.05) is 32.0 Å². The van der Waals surface area contributed by atoms with Crippen molar-refractivity contribution < 1.29 is 19.4 Å². The van der Waals surface area contributed by atoms with E-state index >= 15 is 0 Å². The lowest BCUT2D eigenvalue weighted by molar-refractivity contribution is -0.127. The molecule has 1 heterocycles. The number of imidazole rings is 1. The van der Waals surface area contributed by atoms with Gasteiger partial charge in [-0.3, -0.25) is 4.79 Å². The lowest BCUT2D eigenvalue weighted by atomic mass is 9.96. The van der Waals surface area contributed by atoms with Gasteiger partial charge in [0.2, 0.25) is 5.91 Å². The molecule has 0 aliphatic heterocycles. The lowest BCUT2D eigenvalue weighted by Gasteiger charge is -2.22. The molecule has 3 amide bonds. The molecule has 0 saturated heterocycles. The molecule has 0 radical (unpaired) electrons. The molecular formula is C22H31N5O4. The molecule has 1 fully saturated rings. The molecule has 9 nitrogen and oxygen atoms in total. The molecule has 1 saturated carbocycles. The zero-order chi connectivity index (χ0) is 22.4. The maximum atomic E-state index is 12.7. The van der Waals surface area contributed by atoms with E-state index in [0.717, 1.165) is 5.82 Å². The van der Waals surface area contributed by atoms with Crippen LogP contribution < -0.4 is 16.0 Å². The van der Waals surface area contributed by atoms with E-state index in [9.17, 15) is 14.7 Å². The van der Waals surface area contributed by atoms with Gasteiger partial charge in [-0.25, -0.2) is 9.78 Å². The quantitative estimate of drug-likeness (QED) is 0.410. The summed E-state index contributed by atoms with van der Waals surface area (Å²) in [6, 6.07) is 8.26. The number of para-hydroxylation sites is 1. The Bertz CT molecular complexity index is 870. The first-order chi connectivity index (χ1) is 14.9. The number of benzene rings is 1. The fraction of sp³-hybridized carbons (Fsp3) is 0.500. The molecule has 31 heavy (non-hydrogen) atoms. The van der Waals surface area contributed by atoms with Gasteiger partial charge in [0.15, 0.2) is 0 Å². The molecule has 4 atom stereocenters. The van der Waals surface area contributed by atoms with Crippen molar-refractivity contribution >= 4 is 17.6 Å². The maximum absolute atomic E-state index is 12.7. The smallest absolute Gasteiger partial charge is 0.319 e. The number of nitrogens with one attached hydrogen (secondary N) is 4. The van der Waals surface area contributed by atoms with Gasteiger partial charge >= 0.3 is 6.03 Å². The number of amides is 3. The summed E-state index contributed by atoms with van der Waals surface area (Å²) < 4.78 is 4.97. The summed E-state index contributed by atoms with van der Waals surface area (Å²) in [7, 11) is 1.56. The van der Waals surface area contributed by atoms with Crippen molar-refractivity contribution in [1.29, 1.82) is 0 Å². The van der Waals surface area contributed by atoms with E-state index in [1.54, 1.807) is 25.4 Å². The fourth-order valence-corrected chi connectivity index (χ4v) is 3.94. The standard InChI is InChI=1S/C22H31N5O4/c1-13(2)20-24-12-17(26-20)18-16(27-22(30)25-14-7-5-4-6-8-14)11-15(19(18)28)21(29)23-9-10-31-3/h4-8,12-13,15-16,18-19,28H,9-11H2,1-3H3,(H,23,29)(H,24,26)(H2,25,27,30)/t15-,16+,18+,19+/m0/s1. The number of H-pyrrole nitrogens is 1. The van der Waals surface area contributed by atoms with Crippen molar-refractivity contribution in [3.8, 4) is 0 Å². The number of anilines is 1. The van der Waals surface area contributed by atoms with Crippen LogP contribution in [-0.4, -0.2) is 59.4 Å². The van der Waals surface area contributed by atoms with E-state index in [1.165, 1.54) is 0 Å². The van der Waals surface area contributed by atoms with Crippen molar-refractivity contribution in [2.24, 2.45) is 5.92 Å². The van der Waals surface area contributed by atoms with Crippen LogP contribution in [0, 0.1) is 5.92 Å². The molecule has 3 rings (SSSR count). The van der Waals surface area contributed by atoms with Crippen molar-refractivity contribution in [2.75, 3.05) is 25.6 Å². The van der Waals surface area contributed by atoms with Crippen molar-refractivity contribution in [2.45, 2.75) is 44.2 Å². The summed E-state index contributed by atoms with van der Waals surface area (Å²) in [5, 5.41) is 19.6. The highest BCUT2D eigenvalue weighted by Gasteiger charge is 2.47. The van der Waals surface area contributed by atoms with E-state index in [2.05, 4.69) is 25.9 Å². The summed E-state index contributed by atoms with van der Waals surface area (Å²) >= 11 is 0. The Morgan fingerprint density at radius 2 is 2.03 bits per heavy atom. The molecule has 0 unspecified atom stereocenters. The zero-order valence-corrected chi connectivity index (χ0v) is 18.1. The van der Waals surface area contributed by atoms with Crippen LogP contribution in [0.2, 0.25) is 0 Å². The maximum Gasteiger partial charge on any atom is 0.319 e. The van der Waals surface area contributed by atoms with Gasteiger partial charge in [0.1, 0.15) is 5.82 Å². The Morgan fingerprint density at radius 3 is 2.68 bits per heavy atom. The second-order valence-corrected chi connectivity index (χ2v) is 8.09. The van der Waals surface area contributed by atoms with Gasteiger partial charge in [0.05, 0.1) is 18.6 Å². The minimum Gasteiger partial charge on any atom is -0.392 e. The van der Waals surface area contributed by atoms with Gasteiger partial charge in [0.25, 0.3) is 0 Å². The third-order valence-corrected chi connectivity index (χ3v) is 5.53.